The predicted molar refractivity (Wildman–Crippen MR) is 84.4 cm³/mol. The zero-order chi connectivity index (χ0) is 16.9. The van der Waals surface area contributed by atoms with Crippen molar-refractivity contribution in [3.63, 3.8) is 0 Å². The standard InChI is InChI=1S/C15H15N3O4S/c1-6-4-23-13-12(16-5-18(6)13)11-9(14(19)20)7(2)17-8(3)10(11)15(21)22/h4-5,11,17H,1-3H3,(H,19,20)(H,21,22). The fourth-order valence-electron chi connectivity index (χ4n) is 2.95. The Balaban J connectivity index is 2.31. The van der Waals surface area contributed by atoms with Crippen LogP contribution < -0.4 is 5.32 Å². The first-order valence-electron chi connectivity index (χ1n) is 6.89. The molecule has 0 aliphatic carbocycles. The Labute approximate surface area is 135 Å². The predicted octanol–water partition coefficient (Wildman–Crippen LogP) is 2.11. The topological polar surface area (TPSA) is 104 Å². The minimum Gasteiger partial charge on any atom is -0.478 e. The number of carboxylic acid groups (broad SMARTS) is 2. The number of rotatable bonds is 3. The Morgan fingerprint density at radius 2 is 1.74 bits per heavy atom. The third kappa shape index (κ3) is 2.22. The molecule has 0 radical (unpaired) electrons. The molecule has 8 heteroatoms. The summed E-state index contributed by atoms with van der Waals surface area (Å²) in [5.41, 5.74) is 2.31. The Hall–Kier alpha value is -2.61. The molecule has 23 heavy (non-hydrogen) atoms. The van der Waals surface area contributed by atoms with Gasteiger partial charge in [0.15, 0.2) is 0 Å². The van der Waals surface area contributed by atoms with Gasteiger partial charge in [0.2, 0.25) is 0 Å². The number of dihydropyridines is 1. The molecule has 0 atom stereocenters. The number of thiazole rings is 1. The van der Waals surface area contributed by atoms with E-state index in [1.54, 1.807) is 20.2 Å². The molecule has 3 heterocycles. The van der Waals surface area contributed by atoms with Crippen molar-refractivity contribution >= 4 is 28.1 Å². The molecule has 0 amide bonds. The maximum atomic E-state index is 11.7. The Morgan fingerprint density at radius 3 is 2.26 bits per heavy atom. The van der Waals surface area contributed by atoms with Gasteiger partial charge in [0.05, 0.1) is 22.8 Å². The molecular weight excluding hydrogens is 318 g/mol. The van der Waals surface area contributed by atoms with E-state index in [9.17, 15) is 19.8 Å². The number of aliphatic carboxylic acids is 2. The molecule has 0 spiro atoms. The zero-order valence-corrected chi connectivity index (χ0v) is 13.6. The molecule has 3 rings (SSSR count). The SMILES string of the molecule is CC1=C(C(=O)O)C(c2ncn3c(C)csc23)C(C(=O)O)=C(C)N1. The first-order valence-corrected chi connectivity index (χ1v) is 7.77. The lowest BCUT2D eigenvalue weighted by molar-refractivity contribution is -0.133. The van der Waals surface area contributed by atoms with E-state index in [-0.39, 0.29) is 11.1 Å². The van der Waals surface area contributed by atoms with Crippen molar-refractivity contribution in [1.29, 1.82) is 0 Å². The average Bonchev–Trinajstić information content (AvgIpc) is 3.00. The first kappa shape index (κ1) is 15.3. The summed E-state index contributed by atoms with van der Waals surface area (Å²) in [4.78, 5) is 28.6. The third-order valence-corrected chi connectivity index (χ3v) is 5.05. The number of nitrogens with one attached hydrogen (secondary N) is 1. The van der Waals surface area contributed by atoms with Crippen molar-refractivity contribution in [1.82, 2.24) is 14.7 Å². The van der Waals surface area contributed by atoms with Gasteiger partial charge in [-0.25, -0.2) is 14.6 Å². The first-order chi connectivity index (χ1) is 10.8. The molecule has 7 nitrogen and oxygen atoms in total. The maximum Gasteiger partial charge on any atom is 0.334 e. The minimum atomic E-state index is -1.15. The van der Waals surface area contributed by atoms with Crippen LogP contribution in [-0.4, -0.2) is 31.5 Å². The number of hydrogen-bond acceptors (Lipinski definition) is 5. The lowest BCUT2D eigenvalue weighted by atomic mass is 9.83. The van der Waals surface area contributed by atoms with Gasteiger partial charge in [0.25, 0.3) is 0 Å². The van der Waals surface area contributed by atoms with Crippen molar-refractivity contribution < 1.29 is 19.8 Å². The lowest BCUT2D eigenvalue weighted by Gasteiger charge is -2.27. The van der Waals surface area contributed by atoms with E-state index in [0.29, 0.717) is 17.1 Å². The Bertz CT molecular complexity index is 867. The fourth-order valence-corrected chi connectivity index (χ4v) is 3.94. The average molecular weight is 333 g/mol. The summed E-state index contributed by atoms with van der Waals surface area (Å²) < 4.78 is 1.84. The Kier molecular flexibility index (Phi) is 3.48. The van der Waals surface area contributed by atoms with Gasteiger partial charge in [-0.2, -0.15) is 0 Å². The number of nitrogens with zero attached hydrogens (tertiary/aromatic N) is 2. The second kappa shape index (κ2) is 5.24. The van der Waals surface area contributed by atoms with E-state index in [2.05, 4.69) is 10.3 Å². The third-order valence-electron chi connectivity index (χ3n) is 3.97. The highest BCUT2D eigenvalue weighted by Gasteiger charge is 2.39. The molecule has 0 unspecified atom stereocenters. The monoisotopic (exact) mass is 333 g/mol. The van der Waals surface area contributed by atoms with Crippen LogP contribution in [0.2, 0.25) is 0 Å². The van der Waals surface area contributed by atoms with Crippen molar-refractivity contribution in [3.8, 4) is 0 Å². The Morgan fingerprint density at radius 1 is 1.17 bits per heavy atom. The zero-order valence-electron chi connectivity index (χ0n) is 12.7. The summed E-state index contributed by atoms with van der Waals surface area (Å²) in [5, 5.41) is 24.0. The molecule has 0 saturated carbocycles. The highest BCUT2D eigenvalue weighted by molar-refractivity contribution is 7.15. The second-order valence-corrected chi connectivity index (χ2v) is 6.29. The molecule has 0 bridgehead atoms. The van der Waals surface area contributed by atoms with E-state index >= 15 is 0 Å². The van der Waals surface area contributed by atoms with Crippen molar-refractivity contribution in [2.75, 3.05) is 0 Å². The number of allylic oxidation sites excluding steroid dienone is 2. The van der Waals surface area contributed by atoms with Gasteiger partial charge < -0.3 is 15.5 Å². The van der Waals surface area contributed by atoms with Crippen molar-refractivity contribution in [3.05, 3.63) is 45.6 Å². The summed E-state index contributed by atoms with van der Waals surface area (Å²) in [6, 6.07) is 0. The quantitative estimate of drug-likeness (QED) is 0.795. The van der Waals surface area contributed by atoms with E-state index in [0.717, 1.165) is 10.5 Å². The van der Waals surface area contributed by atoms with E-state index in [4.69, 9.17) is 0 Å². The van der Waals surface area contributed by atoms with Crippen LogP contribution in [0, 0.1) is 6.92 Å². The smallest absolute Gasteiger partial charge is 0.334 e. The summed E-state index contributed by atoms with van der Waals surface area (Å²) in [5.74, 6) is -3.21. The molecule has 120 valence electrons. The molecule has 2 aromatic rings. The van der Waals surface area contributed by atoms with Crippen LogP contribution in [0.3, 0.4) is 0 Å². The number of aryl methyl sites for hydroxylation is 1. The molecule has 1 aliphatic heterocycles. The van der Waals surface area contributed by atoms with Crippen LogP contribution in [-0.2, 0) is 9.59 Å². The molecule has 2 aromatic heterocycles. The van der Waals surface area contributed by atoms with E-state index in [1.165, 1.54) is 11.3 Å². The number of carbonyl (C=O) groups is 2. The van der Waals surface area contributed by atoms with Gasteiger partial charge in [-0.15, -0.1) is 11.3 Å². The van der Waals surface area contributed by atoms with Gasteiger partial charge in [-0.3, -0.25) is 4.40 Å². The number of aromatic nitrogens is 2. The highest BCUT2D eigenvalue weighted by atomic mass is 32.1. The summed E-state index contributed by atoms with van der Waals surface area (Å²) in [6.07, 6.45) is 1.60. The van der Waals surface area contributed by atoms with Gasteiger partial charge in [-0.1, -0.05) is 0 Å². The normalized spacial score (nSPS) is 16.1. The molecule has 3 N–H and O–H groups in total. The van der Waals surface area contributed by atoms with Gasteiger partial charge >= 0.3 is 11.9 Å². The highest BCUT2D eigenvalue weighted by Crippen LogP contribution is 2.40. The number of carboxylic acids is 2. The summed E-state index contributed by atoms with van der Waals surface area (Å²) >= 11 is 1.42. The van der Waals surface area contributed by atoms with Gasteiger partial charge in [0, 0.05) is 22.5 Å². The largest absolute Gasteiger partial charge is 0.478 e. The van der Waals surface area contributed by atoms with Crippen LogP contribution >= 0.6 is 11.3 Å². The van der Waals surface area contributed by atoms with Crippen molar-refractivity contribution in [2.24, 2.45) is 0 Å². The molecule has 0 aromatic carbocycles. The number of imidazole rings is 1. The fraction of sp³-hybridized carbons (Fsp3) is 0.267. The maximum absolute atomic E-state index is 11.7. The van der Waals surface area contributed by atoms with Crippen molar-refractivity contribution in [2.45, 2.75) is 26.7 Å². The van der Waals surface area contributed by atoms with Gasteiger partial charge in [0.1, 0.15) is 11.2 Å². The van der Waals surface area contributed by atoms with Crippen LogP contribution in [0.15, 0.2) is 34.2 Å². The second-order valence-electron chi connectivity index (χ2n) is 5.43. The van der Waals surface area contributed by atoms with Gasteiger partial charge in [-0.05, 0) is 20.8 Å². The van der Waals surface area contributed by atoms with Crippen LogP contribution in [0.25, 0.3) is 4.83 Å². The molecule has 0 saturated heterocycles. The number of fused-ring (bicyclic) bond motifs is 1. The van der Waals surface area contributed by atoms with Crippen LogP contribution in [0.5, 0.6) is 0 Å². The van der Waals surface area contributed by atoms with Crippen LogP contribution in [0.1, 0.15) is 31.2 Å². The lowest BCUT2D eigenvalue weighted by Crippen LogP contribution is -2.31. The molecule has 1 aliphatic rings. The number of hydrogen-bond donors (Lipinski definition) is 3. The van der Waals surface area contributed by atoms with Crippen LogP contribution in [0.4, 0.5) is 0 Å². The summed E-state index contributed by atoms with van der Waals surface area (Å²) in [7, 11) is 0. The minimum absolute atomic E-state index is 0.0136. The van der Waals surface area contributed by atoms with E-state index < -0.39 is 17.9 Å². The summed E-state index contributed by atoms with van der Waals surface area (Å²) in [6.45, 7) is 5.17. The molecular formula is C15H15N3O4S. The molecule has 0 fully saturated rings. The van der Waals surface area contributed by atoms with E-state index in [1.807, 2.05) is 16.7 Å².